The predicted octanol–water partition coefficient (Wildman–Crippen LogP) is 1.82. The van der Waals surface area contributed by atoms with Gasteiger partial charge in [0.1, 0.15) is 5.82 Å². The molecule has 0 radical (unpaired) electrons. The Hall–Kier alpha value is -1.07. The SMILES string of the molecule is CC(C1CC1)n1nccc1NC(=O)C1CCNC1.Cl. The van der Waals surface area contributed by atoms with Gasteiger partial charge in [0.25, 0.3) is 0 Å². The molecule has 106 valence electrons. The van der Waals surface area contributed by atoms with E-state index in [4.69, 9.17) is 0 Å². The van der Waals surface area contributed by atoms with Gasteiger partial charge < -0.3 is 10.6 Å². The van der Waals surface area contributed by atoms with Crippen molar-refractivity contribution in [2.75, 3.05) is 18.4 Å². The third-order valence-corrected chi connectivity index (χ3v) is 4.04. The smallest absolute Gasteiger partial charge is 0.229 e. The minimum atomic E-state index is 0. The Labute approximate surface area is 119 Å². The molecule has 2 aliphatic rings. The van der Waals surface area contributed by atoms with Gasteiger partial charge in [-0.3, -0.25) is 4.79 Å². The second-order valence-corrected chi connectivity index (χ2v) is 5.42. The number of amides is 1. The van der Waals surface area contributed by atoms with Crippen molar-refractivity contribution < 1.29 is 4.79 Å². The summed E-state index contributed by atoms with van der Waals surface area (Å²) in [6.45, 7) is 3.91. The molecule has 1 amide bonds. The maximum atomic E-state index is 12.1. The number of aromatic nitrogens is 2. The fourth-order valence-electron chi connectivity index (χ4n) is 2.62. The Morgan fingerprint density at radius 2 is 2.32 bits per heavy atom. The van der Waals surface area contributed by atoms with E-state index in [1.54, 1.807) is 6.20 Å². The molecule has 3 rings (SSSR count). The Morgan fingerprint density at radius 3 is 2.95 bits per heavy atom. The van der Waals surface area contributed by atoms with Crippen molar-refractivity contribution in [1.29, 1.82) is 0 Å². The van der Waals surface area contributed by atoms with E-state index in [1.807, 2.05) is 10.7 Å². The van der Waals surface area contributed by atoms with Crippen LogP contribution < -0.4 is 10.6 Å². The number of nitrogens with one attached hydrogen (secondary N) is 2. The Morgan fingerprint density at radius 1 is 1.53 bits per heavy atom. The molecule has 5 nitrogen and oxygen atoms in total. The molecule has 1 aromatic heterocycles. The molecule has 0 aromatic carbocycles. The summed E-state index contributed by atoms with van der Waals surface area (Å²) >= 11 is 0. The van der Waals surface area contributed by atoms with Crippen molar-refractivity contribution in [3.05, 3.63) is 12.3 Å². The number of rotatable bonds is 4. The fourth-order valence-corrected chi connectivity index (χ4v) is 2.62. The summed E-state index contributed by atoms with van der Waals surface area (Å²) in [6, 6.07) is 2.27. The molecule has 2 unspecified atom stereocenters. The van der Waals surface area contributed by atoms with Gasteiger partial charge >= 0.3 is 0 Å². The van der Waals surface area contributed by atoms with Gasteiger partial charge in [0.2, 0.25) is 5.91 Å². The van der Waals surface area contributed by atoms with E-state index in [9.17, 15) is 4.79 Å². The van der Waals surface area contributed by atoms with Crippen LogP contribution in [-0.4, -0.2) is 28.8 Å². The summed E-state index contributed by atoms with van der Waals surface area (Å²) in [7, 11) is 0. The lowest BCUT2D eigenvalue weighted by molar-refractivity contribution is -0.119. The van der Waals surface area contributed by atoms with E-state index in [1.165, 1.54) is 12.8 Å². The van der Waals surface area contributed by atoms with Crippen molar-refractivity contribution in [3.8, 4) is 0 Å². The molecule has 1 aromatic rings. The number of nitrogens with zero attached hydrogens (tertiary/aromatic N) is 2. The summed E-state index contributed by atoms with van der Waals surface area (Å²) in [5.41, 5.74) is 0. The van der Waals surface area contributed by atoms with E-state index < -0.39 is 0 Å². The third kappa shape index (κ3) is 3.09. The van der Waals surface area contributed by atoms with E-state index in [-0.39, 0.29) is 24.2 Å². The molecule has 2 heterocycles. The monoisotopic (exact) mass is 284 g/mol. The van der Waals surface area contributed by atoms with Crippen molar-refractivity contribution in [2.24, 2.45) is 11.8 Å². The van der Waals surface area contributed by atoms with E-state index in [0.717, 1.165) is 31.2 Å². The first kappa shape index (κ1) is 14.3. The topological polar surface area (TPSA) is 59.0 Å². The van der Waals surface area contributed by atoms with Crippen molar-refractivity contribution >= 4 is 24.1 Å². The van der Waals surface area contributed by atoms with E-state index in [2.05, 4.69) is 22.7 Å². The van der Waals surface area contributed by atoms with Gasteiger partial charge in [-0.15, -0.1) is 12.4 Å². The standard InChI is InChI=1S/C13H20N4O.ClH/c1-9(10-2-3-10)17-12(5-7-15-17)16-13(18)11-4-6-14-8-11;/h5,7,9-11,14H,2-4,6,8H2,1H3,(H,16,18);1H. The van der Waals surface area contributed by atoms with Crippen LogP contribution in [0.5, 0.6) is 0 Å². The lowest BCUT2D eigenvalue weighted by Gasteiger charge is -2.16. The summed E-state index contributed by atoms with van der Waals surface area (Å²) in [4.78, 5) is 12.1. The van der Waals surface area contributed by atoms with Crippen LogP contribution in [0.25, 0.3) is 0 Å². The normalized spacial score (nSPS) is 23.7. The number of halogens is 1. The molecule has 6 heteroatoms. The largest absolute Gasteiger partial charge is 0.316 e. The zero-order valence-electron chi connectivity index (χ0n) is 11.1. The van der Waals surface area contributed by atoms with Crippen LogP contribution in [0.2, 0.25) is 0 Å². The molecule has 2 atom stereocenters. The van der Waals surface area contributed by atoms with Crippen LogP contribution >= 0.6 is 12.4 Å². The van der Waals surface area contributed by atoms with Crippen molar-refractivity contribution in [1.82, 2.24) is 15.1 Å². The van der Waals surface area contributed by atoms with Crippen LogP contribution in [0.15, 0.2) is 12.3 Å². The number of carbonyl (C=O) groups is 1. The van der Waals surface area contributed by atoms with Crippen LogP contribution in [0.1, 0.15) is 32.2 Å². The fraction of sp³-hybridized carbons (Fsp3) is 0.692. The van der Waals surface area contributed by atoms with Gasteiger partial charge in [-0.2, -0.15) is 5.10 Å². The number of hydrogen-bond donors (Lipinski definition) is 2. The molecule has 2 fully saturated rings. The second kappa shape index (κ2) is 5.92. The second-order valence-electron chi connectivity index (χ2n) is 5.42. The molecule has 0 spiro atoms. The minimum Gasteiger partial charge on any atom is -0.316 e. The van der Waals surface area contributed by atoms with Crippen LogP contribution in [0.4, 0.5) is 5.82 Å². The third-order valence-electron chi connectivity index (χ3n) is 4.04. The molecule has 1 aliphatic heterocycles. The molecule has 1 aliphatic carbocycles. The van der Waals surface area contributed by atoms with Gasteiger partial charge in [0.05, 0.1) is 18.2 Å². The zero-order valence-corrected chi connectivity index (χ0v) is 11.9. The molecule has 2 N–H and O–H groups in total. The highest BCUT2D eigenvalue weighted by atomic mass is 35.5. The van der Waals surface area contributed by atoms with E-state index >= 15 is 0 Å². The van der Waals surface area contributed by atoms with Gasteiger partial charge in [-0.1, -0.05) is 0 Å². The number of hydrogen-bond acceptors (Lipinski definition) is 3. The van der Waals surface area contributed by atoms with Gasteiger partial charge in [0, 0.05) is 12.6 Å². The Kier molecular flexibility index (Phi) is 4.47. The highest BCUT2D eigenvalue weighted by Crippen LogP contribution is 2.40. The van der Waals surface area contributed by atoms with Crippen LogP contribution in [-0.2, 0) is 4.79 Å². The highest BCUT2D eigenvalue weighted by molar-refractivity contribution is 5.92. The Bertz CT molecular complexity index is 438. The lowest BCUT2D eigenvalue weighted by atomic mass is 10.1. The average molecular weight is 285 g/mol. The van der Waals surface area contributed by atoms with Crippen LogP contribution in [0.3, 0.4) is 0 Å². The van der Waals surface area contributed by atoms with Crippen molar-refractivity contribution in [2.45, 2.75) is 32.2 Å². The van der Waals surface area contributed by atoms with E-state index in [0.29, 0.717) is 6.04 Å². The minimum absolute atomic E-state index is 0. The molecule has 0 bridgehead atoms. The molecule has 1 saturated carbocycles. The van der Waals surface area contributed by atoms with Gasteiger partial charge in [0.15, 0.2) is 0 Å². The summed E-state index contributed by atoms with van der Waals surface area (Å²) in [5.74, 6) is 1.79. The maximum absolute atomic E-state index is 12.1. The first-order chi connectivity index (χ1) is 8.75. The molecule has 19 heavy (non-hydrogen) atoms. The van der Waals surface area contributed by atoms with Crippen molar-refractivity contribution in [3.63, 3.8) is 0 Å². The number of carbonyl (C=O) groups excluding carboxylic acids is 1. The first-order valence-electron chi connectivity index (χ1n) is 6.81. The van der Waals surface area contributed by atoms with Gasteiger partial charge in [-0.05, 0) is 38.6 Å². The number of anilines is 1. The quantitative estimate of drug-likeness (QED) is 0.887. The molecular weight excluding hydrogens is 264 g/mol. The Balaban J connectivity index is 0.00000133. The molecular formula is C13H21ClN4O. The average Bonchev–Trinajstić information content (AvgIpc) is 2.90. The lowest BCUT2D eigenvalue weighted by Crippen LogP contribution is -2.26. The molecule has 1 saturated heterocycles. The summed E-state index contributed by atoms with van der Waals surface area (Å²) < 4.78 is 1.96. The zero-order chi connectivity index (χ0) is 12.5. The predicted molar refractivity (Wildman–Crippen MR) is 76.5 cm³/mol. The highest BCUT2D eigenvalue weighted by Gasteiger charge is 2.31. The first-order valence-corrected chi connectivity index (χ1v) is 6.81. The summed E-state index contributed by atoms with van der Waals surface area (Å²) in [5, 5.41) is 10.6. The summed E-state index contributed by atoms with van der Waals surface area (Å²) in [6.07, 6.45) is 5.25. The van der Waals surface area contributed by atoms with Crippen LogP contribution in [0, 0.1) is 11.8 Å². The van der Waals surface area contributed by atoms with Gasteiger partial charge in [-0.25, -0.2) is 4.68 Å². The maximum Gasteiger partial charge on any atom is 0.229 e.